The van der Waals surface area contributed by atoms with Gasteiger partial charge in [-0.3, -0.25) is 19.4 Å². The molecule has 8 heteroatoms. The Balaban J connectivity index is 2.51. The maximum Gasteiger partial charge on any atom is 0.333 e. The quantitative estimate of drug-likeness (QED) is 0.550. The molecular weight excluding hydrogens is 392 g/mol. The summed E-state index contributed by atoms with van der Waals surface area (Å²) in [4.78, 5) is 38.2. The number of likely N-dealkylation sites (N-methyl/N-ethyl adjacent to an activating group) is 2. The highest BCUT2D eigenvalue weighted by Gasteiger charge is 2.37. The zero-order chi connectivity index (χ0) is 18.7. The summed E-state index contributed by atoms with van der Waals surface area (Å²) < 4.78 is 11.8. The largest absolute Gasteiger partial charge is 0.490 e. The summed E-state index contributed by atoms with van der Waals surface area (Å²) in [5, 5.41) is 0. The molecular formula is C17H19BrN2O5. The Morgan fingerprint density at radius 1 is 1.00 bits per heavy atom. The first-order valence-corrected chi connectivity index (χ1v) is 8.52. The molecule has 0 bridgehead atoms. The van der Waals surface area contributed by atoms with Gasteiger partial charge in [0.25, 0.3) is 11.8 Å². The van der Waals surface area contributed by atoms with Gasteiger partial charge < -0.3 is 9.47 Å². The molecule has 0 aromatic heterocycles. The van der Waals surface area contributed by atoms with Crippen molar-refractivity contribution in [1.29, 1.82) is 0 Å². The van der Waals surface area contributed by atoms with Crippen LogP contribution in [0.3, 0.4) is 0 Å². The summed E-state index contributed by atoms with van der Waals surface area (Å²) in [5.41, 5.74) is 0.481. The minimum Gasteiger partial charge on any atom is -0.490 e. The van der Waals surface area contributed by atoms with E-state index < -0.39 is 17.8 Å². The van der Waals surface area contributed by atoms with E-state index in [1.54, 1.807) is 12.1 Å². The van der Waals surface area contributed by atoms with E-state index in [0.717, 1.165) is 9.80 Å². The molecule has 1 heterocycles. The van der Waals surface area contributed by atoms with E-state index in [2.05, 4.69) is 15.9 Å². The van der Waals surface area contributed by atoms with Crippen molar-refractivity contribution in [2.24, 2.45) is 0 Å². The number of nitrogens with zero attached hydrogens (tertiary/aromatic N) is 2. The SMILES string of the molecule is CCOc1cc(C=C2C(=O)N(C)C(=O)N(C)C2=O)cc(Br)c1OCC. The molecule has 0 atom stereocenters. The van der Waals surface area contributed by atoms with Crippen LogP contribution >= 0.6 is 15.9 Å². The molecule has 0 radical (unpaired) electrons. The van der Waals surface area contributed by atoms with Gasteiger partial charge in [0.2, 0.25) is 0 Å². The predicted molar refractivity (Wildman–Crippen MR) is 95.4 cm³/mol. The van der Waals surface area contributed by atoms with Crippen LogP contribution in [0.25, 0.3) is 6.08 Å². The minimum atomic E-state index is -0.657. The molecule has 1 saturated heterocycles. The van der Waals surface area contributed by atoms with Crippen molar-refractivity contribution >= 4 is 39.9 Å². The maximum atomic E-state index is 12.3. The van der Waals surface area contributed by atoms with Crippen LogP contribution in [-0.4, -0.2) is 55.0 Å². The summed E-state index contributed by atoms with van der Waals surface area (Å²) in [5.74, 6) is -0.233. The zero-order valence-electron chi connectivity index (χ0n) is 14.5. The van der Waals surface area contributed by atoms with E-state index in [1.165, 1.54) is 20.2 Å². The molecule has 1 aromatic carbocycles. The van der Waals surface area contributed by atoms with Crippen molar-refractivity contribution in [2.45, 2.75) is 13.8 Å². The van der Waals surface area contributed by atoms with Crippen molar-refractivity contribution in [3.8, 4) is 11.5 Å². The Kier molecular flexibility index (Phi) is 5.84. The third kappa shape index (κ3) is 3.68. The lowest BCUT2D eigenvalue weighted by Crippen LogP contribution is -2.52. The van der Waals surface area contributed by atoms with Crippen molar-refractivity contribution < 1.29 is 23.9 Å². The lowest BCUT2D eigenvalue weighted by molar-refractivity contribution is -0.134. The summed E-state index contributed by atoms with van der Waals surface area (Å²) in [6.07, 6.45) is 1.44. The molecule has 0 aliphatic carbocycles. The number of carbonyl (C=O) groups excluding carboxylic acids is 3. The third-order valence-corrected chi connectivity index (χ3v) is 4.16. The molecule has 0 N–H and O–H groups in total. The zero-order valence-corrected chi connectivity index (χ0v) is 16.0. The van der Waals surface area contributed by atoms with Gasteiger partial charge in [-0.1, -0.05) is 0 Å². The average Bonchev–Trinajstić information content (AvgIpc) is 2.58. The van der Waals surface area contributed by atoms with Crippen molar-refractivity contribution in [3.05, 3.63) is 27.7 Å². The Bertz CT molecular complexity index is 734. The second kappa shape index (κ2) is 7.69. The first-order chi connectivity index (χ1) is 11.8. The van der Waals surface area contributed by atoms with E-state index in [0.29, 0.717) is 34.7 Å². The molecule has 0 unspecified atom stereocenters. The van der Waals surface area contributed by atoms with Crippen molar-refractivity contribution in [2.75, 3.05) is 27.3 Å². The topological polar surface area (TPSA) is 76.2 Å². The Labute approximate surface area is 154 Å². The fraction of sp³-hybridized carbons (Fsp3) is 0.353. The number of amides is 4. The second-order valence-corrected chi connectivity index (χ2v) is 6.12. The van der Waals surface area contributed by atoms with Gasteiger partial charge in [-0.05, 0) is 53.5 Å². The highest BCUT2D eigenvalue weighted by Crippen LogP contribution is 2.37. The fourth-order valence-corrected chi connectivity index (χ4v) is 2.93. The molecule has 134 valence electrons. The number of hydrogen-bond acceptors (Lipinski definition) is 5. The first-order valence-electron chi connectivity index (χ1n) is 7.72. The molecule has 7 nitrogen and oxygen atoms in total. The van der Waals surface area contributed by atoms with E-state index >= 15 is 0 Å². The molecule has 2 rings (SSSR count). The van der Waals surface area contributed by atoms with E-state index in [4.69, 9.17) is 9.47 Å². The van der Waals surface area contributed by atoms with Crippen LogP contribution in [-0.2, 0) is 9.59 Å². The Morgan fingerprint density at radius 2 is 1.56 bits per heavy atom. The van der Waals surface area contributed by atoms with Crippen LogP contribution in [0.2, 0.25) is 0 Å². The Hall–Kier alpha value is -2.35. The molecule has 1 aromatic rings. The number of imide groups is 2. The van der Waals surface area contributed by atoms with Crippen LogP contribution < -0.4 is 9.47 Å². The van der Waals surface area contributed by atoms with Gasteiger partial charge >= 0.3 is 6.03 Å². The van der Waals surface area contributed by atoms with Gasteiger partial charge in [-0.25, -0.2) is 4.79 Å². The number of benzene rings is 1. The van der Waals surface area contributed by atoms with Crippen molar-refractivity contribution in [1.82, 2.24) is 9.80 Å². The monoisotopic (exact) mass is 410 g/mol. The number of hydrogen-bond donors (Lipinski definition) is 0. The fourth-order valence-electron chi connectivity index (χ4n) is 2.36. The average molecular weight is 411 g/mol. The lowest BCUT2D eigenvalue weighted by Gasteiger charge is -2.28. The number of ether oxygens (including phenoxy) is 2. The molecule has 0 saturated carbocycles. The standard InChI is InChI=1S/C17H19BrN2O5/c1-5-24-13-9-10(8-12(18)14(13)25-6-2)7-11-15(21)19(3)17(23)20(4)16(11)22/h7-9H,5-6H2,1-4H3. The molecule has 25 heavy (non-hydrogen) atoms. The smallest absolute Gasteiger partial charge is 0.333 e. The van der Waals surface area contributed by atoms with E-state index in [-0.39, 0.29) is 5.57 Å². The van der Waals surface area contributed by atoms with Crippen LogP contribution in [0.1, 0.15) is 19.4 Å². The Morgan fingerprint density at radius 3 is 2.08 bits per heavy atom. The molecule has 1 fully saturated rings. The summed E-state index contributed by atoms with van der Waals surface area (Å²) >= 11 is 3.42. The summed E-state index contributed by atoms with van der Waals surface area (Å²) in [6, 6.07) is 2.75. The van der Waals surface area contributed by atoms with Gasteiger partial charge in [0.1, 0.15) is 5.57 Å². The molecule has 1 aliphatic rings. The van der Waals surface area contributed by atoms with Crippen LogP contribution in [0.15, 0.2) is 22.2 Å². The summed E-state index contributed by atoms with van der Waals surface area (Å²) in [6.45, 7) is 4.61. The van der Waals surface area contributed by atoms with Gasteiger partial charge in [0, 0.05) is 14.1 Å². The van der Waals surface area contributed by atoms with Gasteiger partial charge in [-0.15, -0.1) is 0 Å². The van der Waals surface area contributed by atoms with Gasteiger partial charge in [-0.2, -0.15) is 0 Å². The predicted octanol–water partition coefficient (Wildman–Crippen LogP) is 2.68. The highest BCUT2D eigenvalue weighted by atomic mass is 79.9. The van der Waals surface area contributed by atoms with Crippen LogP contribution in [0, 0.1) is 0 Å². The van der Waals surface area contributed by atoms with E-state index in [1.807, 2.05) is 13.8 Å². The number of barbiturate groups is 1. The maximum absolute atomic E-state index is 12.3. The third-order valence-electron chi connectivity index (χ3n) is 3.58. The molecule has 1 aliphatic heterocycles. The second-order valence-electron chi connectivity index (χ2n) is 5.26. The molecule has 4 amide bonds. The normalized spacial score (nSPS) is 14.9. The molecule has 0 spiro atoms. The number of urea groups is 1. The number of carbonyl (C=O) groups is 3. The number of rotatable bonds is 5. The highest BCUT2D eigenvalue weighted by molar-refractivity contribution is 9.10. The van der Waals surface area contributed by atoms with E-state index in [9.17, 15) is 14.4 Å². The lowest BCUT2D eigenvalue weighted by atomic mass is 10.1. The summed E-state index contributed by atoms with van der Waals surface area (Å²) in [7, 11) is 2.67. The minimum absolute atomic E-state index is 0.0943. The van der Waals surface area contributed by atoms with Crippen LogP contribution in [0.4, 0.5) is 4.79 Å². The van der Waals surface area contributed by atoms with Gasteiger partial charge in [0.15, 0.2) is 11.5 Å². The van der Waals surface area contributed by atoms with Crippen molar-refractivity contribution in [3.63, 3.8) is 0 Å². The first kappa shape index (κ1) is 19.0. The van der Waals surface area contributed by atoms with Crippen LogP contribution in [0.5, 0.6) is 11.5 Å². The number of halogens is 1. The van der Waals surface area contributed by atoms with Gasteiger partial charge in [0.05, 0.1) is 17.7 Å².